The molecule has 1 aromatic heterocycles. The fourth-order valence-corrected chi connectivity index (χ4v) is 5.09. The van der Waals surface area contributed by atoms with Crippen molar-refractivity contribution in [2.45, 2.75) is 4.90 Å². The Morgan fingerprint density at radius 1 is 0.895 bits per heavy atom. The maximum Gasteiger partial charge on any atom is 0.272 e. The van der Waals surface area contributed by atoms with Gasteiger partial charge in [-0.3, -0.25) is 14.4 Å². The number of nitrogens with zero attached hydrogens (tertiary/aromatic N) is 1. The van der Waals surface area contributed by atoms with Gasteiger partial charge in [-0.15, -0.1) is 23.1 Å². The Balaban J connectivity index is 1.51. The van der Waals surface area contributed by atoms with E-state index < -0.39 is 5.91 Å². The molecule has 3 aromatic carbocycles. The van der Waals surface area contributed by atoms with Crippen LogP contribution in [0, 0.1) is 0 Å². The fraction of sp³-hybridized carbons (Fsp3) is 0.100. The van der Waals surface area contributed by atoms with Gasteiger partial charge in [0.2, 0.25) is 0 Å². The molecule has 4 rings (SSSR count). The summed E-state index contributed by atoms with van der Waals surface area (Å²) in [5.74, 6) is -0.469. The van der Waals surface area contributed by atoms with Crippen LogP contribution in [0.4, 0.5) is 11.4 Å². The highest BCUT2D eigenvalue weighted by molar-refractivity contribution is 8.00. The standard InChI is InChI=1S/C30H27N3O3S2/c1-33(2)24-15-13-21(14-16-24)18-26(32-29(35)22-8-4-3-5-9-22)30(36)31-23-10-6-11-25(19-23)38-20-27(34)28-12-7-17-37-28/h3-19H,20H2,1-2H3,(H,31,36)(H,32,35)/b26-18-. The average Bonchev–Trinajstić information content (AvgIpc) is 3.48. The predicted molar refractivity (Wildman–Crippen MR) is 157 cm³/mol. The third kappa shape index (κ3) is 7.44. The molecule has 0 saturated heterocycles. The number of ketones is 1. The second kappa shape index (κ2) is 12.9. The van der Waals surface area contributed by atoms with Crippen LogP contribution in [0.15, 0.2) is 107 Å². The van der Waals surface area contributed by atoms with Crippen molar-refractivity contribution in [2.75, 3.05) is 30.1 Å². The number of nitrogens with one attached hydrogen (secondary N) is 2. The highest BCUT2D eigenvalue weighted by Crippen LogP contribution is 2.24. The number of amides is 2. The molecule has 1 heterocycles. The molecule has 38 heavy (non-hydrogen) atoms. The number of carbonyl (C=O) groups excluding carboxylic acids is 3. The summed E-state index contributed by atoms with van der Waals surface area (Å²) in [6, 6.07) is 27.4. The van der Waals surface area contributed by atoms with E-state index in [4.69, 9.17) is 0 Å². The molecule has 0 aliphatic heterocycles. The summed E-state index contributed by atoms with van der Waals surface area (Å²) in [5, 5.41) is 7.52. The summed E-state index contributed by atoms with van der Waals surface area (Å²) < 4.78 is 0. The first-order chi connectivity index (χ1) is 18.4. The molecule has 0 aliphatic carbocycles. The molecule has 2 N–H and O–H groups in total. The van der Waals surface area contributed by atoms with Crippen molar-refractivity contribution in [2.24, 2.45) is 0 Å². The molecule has 8 heteroatoms. The topological polar surface area (TPSA) is 78.5 Å². The van der Waals surface area contributed by atoms with E-state index in [2.05, 4.69) is 10.6 Å². The molecular weight excluding hydrogens is 514 g/mol. The van der Waals surface area contributed by atoms with Crippen molar-refractivity contribution >= 4 is 58.1 Å². The highest BCUT2D eigenvalue weighted by Gasteiger charge is 2.16. The van der Waals surface area contributed by atoms with Crippen molar-refractivity contribution in [3.05, 3.63) is 118 Å². The third-order valence-electron chi connectivity index (χ3n) is 5.51. The van der Waals surface area contributed by atoms with Crippen molar-refractivity contribution < 1.29 is 14.4 Å². The van der Waals surface area contributed by atoms with E-state index in [1.165, 1.54) is 23.1 Å². The molecule has 0 saturated carbocycles. The van der Waals surface area contributed by atoms with Crippen LogP contribution < -0.4 is 15.5 Å². The molecule has 0 unspecified atom stereocenters. The minimum absolute atomic E-state index is 0.0635. The number of Topliss-reactive ketones (excluding diaryl/α,β-unsaturated/α-hetero) is 1. The van der Waals surface area contributed by atoms with Gasteiger partial charge >= 0.3 is 0 Å². The third-order valence-corrected chi connectivity index (χ3v) is 7.41. The molecule has 4 aromatic rings. The molecule has 0 fully saturated rings. The maximum atomic E-state index is 13.3. The lowest BCUT2D eigenvalue weighted by Crippen LogP contribution is -2.30. The van der Waals surface area contributed by atoms with Gasteiger partial charge in [0, 0.05) is 35.9 Å². The summed E-state index contributed by atoms with van der Waals surface area (Å²) in [5.41, 5.74) is 2.91. The molecular formula is C30H27N3O3S2. The monoisotopic (exact) mass is 541 g/mol. The maximum absolute atomic E-state index is 13.3. The largest absolute Gasteiger partial charge is 0.378 e. The minimum atomic E-state index is -0.456. The van der Waals surface area contributed by atoms with Gasteiger partial charge in [-0.25, -0.2) is 0 Å². The average molecular weight is 542 g/mol. The quantitative estimate of drug-likeness (QED) is 0.142. The molecule has 2 amide bonds. The first kappa shape index (κ1) is 26.9. The number of anilines is 2. The van der Waals surface area contributed by atoms with Crippen LogP contribution in [0.5, 0.6) is 0 Å². The molecule has 192 valence electrons. The minimum Gasteiger partial charge on any atom is -0.378 e. The van der Waals surface area contributed by atoms with Gasteiger partial charge in [-0.05, 0) is 65.6 Å². The van der Waals surface area contributed by atoms with E-state index in [1.807, 2.05) is 85.0 Å². The smallest absolute Gasteiger partial charge is 0.272 e. The van der Waals surface area contributed by atoms with Gasteiger partial charge in [0.25, 0.3) is 11.8 Å². The lowest BCUT2D eigenvalue weighted by molar-refractivity contribution is -0.113. The van der Waals surface area contributed by atoms with Crippen LogP contribution in [0.2, 0.25) is 0 Å². The lowest BCUT2D eigenvalue weighted by atomic mass is 10.1. The van der Waals surface area contributed by atoms with Crippen LogP contribution in [0.3, 0.4) is 0 Å². The Kier molecular flexibility index (Phi) is 9.13. The summed E-state index contributed by atoms with van der Waals surface area (Å²) in [4.78, 5) is 42.1. The first-order valence-corrected chi connectivity index (χ1v) is 13.7. The van der Waals surface area contributed by atoms with Gasteiger partial charge in [0.15, 0.2) is 5.78 Å². The SMILES string of the molecule is CN(C)c1ccc(/C=C(\NC(=O)c2ccccc2)C(=O)Nc2cccc(SCC(=O)c3cccs3)c2)cc1. The van der Waals surface area contributed by atoms with Crippen LogP contribution in [-0.2, 0) is 4.79 Å². The van der Waals surface area contributed by atoms with Gasteiger partial charge in [0.1, 0.15) is 5.70 Å². The van der Waals surface area contributed by atoms with E-state index in [0.29, 0.717) is 17.0 Å². The summed E-state index contributed by atoms with van der Waals surface area (Å²) >= 11 is 2.83. The van der Waals surface area contributed by atoms with Crippen LogP contribution in [0.25, 0.3) is 6.08 Å². The van der Waals surface area contributed by atoms with E-state index >= 15 is 0 Å². The lowest BCUT2D eigenvalue weighted by Gasteiger charge is -2.14. The zero-order chi connectivity index (χ0) is 26.9. The summed E-state index contributed by atoms with van der Waals surface area (Å²) in [6.45, 7) is 0. The number of carbonyl (C=O) groups is 3. The van der Waals surface area contributed by atoms with Crippen LogP contribution in [0.1, 0.15) is 25.6 Å². The van der Waals surface area contributed by atoms with Crippen molar-refractivity contribution in [1.29, 1.82) is 0 Å². The fourth-order valence-electron chi connectivity index (χ4n) is 3.50. The van der Waals surface area contributed by atoms with Crippen molar-refractivity contribution in [3.63, 3.8) is 0 Å². The summed E-state index contributed by atoms with van der Waals surface area (Å²) in [6.07, 6.45) is 1.65. The van der Waals surface area contributed by atoms with Crippen LogP contribution >= 0.6 is 23.1 Å². The number of benzene rings is 3. The molecule has 0 bridgehead atoms. The van der Waals surface area contributed by atoms with E-state index in [-0.39, 0.29) is 17.4 Å². The zero-order valence-corrected chi connectivity index (χ0v) is 22.6. The Labute approximate surface area is 230 Å². The van der Waals surface area contributed by atoms with Gasteiger partial charge in [-0.2, -0.15) is 0 Å². The normalized spacial score (nSPS) is 11.1. The van der Waals surface area contributed by atoms with Gasteiger partial charge in [0.05, 0.1) is 10.6 Å². The molecule has 0 radical (unpaired) electrons. The zero-order valence-electron chi connectivity index (χ0n) is 21.0. The number of hydrogen-bond donors (Lipinski definition) is 2. The van der Waals surface area contributed by atoms with Gasteiger partial charge < -0.3 is 15.5 Å². The molecule has 0 spiro atoms. The Morgan fingerprint density at radius 2 is 1.66 bits per heavy atom. The number of thioether (sulfide) groups is 1. The Morgan fingerprint density at radius 3 is 2.34 bits per heavy atom. The van der Waals surface area contributed by atoms with Crippen molar-refractivity contribution in [3.8, 4) is 0 Å². The Bertz CT molecular complexity index is 1430. The van der Waals surface area contributed by atoms with Crippen molar-refractivity contribution in [1.82, 2.24) is 5.32 Å². The summed E-state index contributed by atoms with van der Waals surface area (Å²) in [7, 11) is 3.91. The number of hydrogen-bond acceptors (Lipinski definition) is 6. The van der Waals surface area contributed by atoms with E-state index in [0.717, 1.165) is 21.0 Å². The molecule has 0 atom stereocenters. The highest BCUT2D eigenvalue weighted by atomic mass is 32.2. The predicted octanol–water partition coefficient (Wildman–Crippen LogP) is 6.20. The number of rotatable bonds is 10. The van der Waals surface area contributed by atoms with E-state index in [1.54, 1.807) is 36.4 Å². The Hall–Kier alpha value is -4.14. The van der Waals surface area contributed by atoms with E-state index in [9.17, 15) is 14.4 Å². The second-order valence-corrected chi connectivity index (χ2v) is 10.5. The molecule has 0 aliphatic rings. The van der Waals surface area contributed by atoms with Crippen LogP contribution in [-0.4, -0.2) is 37.4 Å². The second-order valence-electron chi connectivity index (χ2n) is 8.54. The van der Waals surface area contributed by atoms with Gasteiger partial charge in [-0.1, -0.05) is 42.5 Å². The molecule has 6 nitrogen and oxygen atoms in total. The first-order valence-electron chi connectivity index (χ1n) is 11.9. The number of thiophene rings is 1.